The first-order valence-electron chi connectivity index (χ1n) is 8.64. The van der Waals surface area contributed by atoms with Crippen molar-refractivity contribution in [2.24, 2.45) is 5.92 Å². The molecule has 0 aliphatic heterocycles. The van der Waals surface area contributed by atoms with Crippen molar-refractivity contribution in [3.05, 3.63) is 24.3 Å². The first-order valence-corrected chi connectivity index (χ1v) is 8.64. The van der Waals surface area contributed by atoms with Gasteiger partial charge in [-0.1, -0.05) is 46.5 Å². The van der Waals surface area contributed by atoms with Crippen LogP contribution in [-0.2, 0) is 4.79 Å². The molecule has 1 rings (SSSR count). The van der Waals surface area contributed by atoms with Gasteiger partial charge in [0.25, 0.3) is 0 Å². The minimum absolute atomic E-state index is 0.102. The molecule has 0 aromatic heterocycles. The number of hydrogen-bond donors (Lipinski definition) is 1. The lowest BCUT2D eigenvalue weighted by atomic mass is 10.1. The Morgan fingerprint density at radius 2 is 1.77 bits per heavy atom. The van der Waals surface area contributed by atoms with Crippen LogP contribution in [-0.4, -0.2) is 12.5 Å². The van der Waals surface area contributed by atoms with Crippen LogP contribution in [0.3, 0.4) is 0 Å². The summed E-state index contributed by atoms with van der Waals surface area (Å²) in [4.78, 5) is 11.8. The van der Waals surface area contributed by atoms with E-state index >= 15 is 0 Å². The Hall–Kier alpha value is -1.51. The molecule has 0 bridgehead atoms. The fraction of sp³-hybridized carbons (Fsp3) is 0.632. The summed E-state index contributed by atoms with van der Waals surface area (Å²) in [6.45, 7) is 7.30. The predicted octanol–water partition coefficient (Wildman–Crippen LogP) is 5.41. The highest BCUT2D eigenvalue weighted by atomic mass is 16.5. The molecule has 3 nitrogen and oxygen atoms in total. The van der Waals surface area contributed by atoms with Crippen LogP contribution in [0.1, 0.15) is 65.7 Å². The van der Waals surface area contributed by atoms with Gasteiger partial charge in [-0.15, -0.1) is 0 Å². The Kier molecular flexibility index (Phi) is 9.36. The number of nitrogens with one attached hydrogen (secondary N) is 1. The van der Waals surface area contributed by atoms with Gasteiger partial charge in [-0.25, -0.2) is 0 Å². The summed E-state index contributed by atoms with van der Waals surface area (Å²) in [5.74, 6) is 1.61. The number of rotatable bonds is 11. The average Bonchev–Trinajstić information content (AvgIpc) is 2.48. The van der Waals surface area contributed by atoms with Crippen LogP contribution in [0.2, 0.25) is 0 Å². The first-order chi connectivity index (χ1) is 10.6. The van der Waals surface area contributed by atoms with Gasteiger partial charge in [0.1, 0.15) is 5.75 Å². The van der Waals surface area contributed by atoms with Crippen LogP contribution in [0.25, 0.3) is 0 Å². The number of carbonyl (C=O) groups excluding carboxylic acids is 1. The summed E-state index contributed by atoms with van der Waals surface area (Å²) in [5.41, 5.74) is 0.842. The monoisotopic (exact) mass is 305 g/mol. The average molecular weight is 305 g/mol. The lowest BCUT2D eigenvalue weighted by Crippen LogP contribution is -2.11. The lowest BCUT2D eigenvalue weighted by Gasteiger charge is -2.09. The van der Waals surface area contributed by atoms with Crippen molar-refractivity contribution in [1.82, 2.24) is 0 Å². The normalized spacial score (nSPS) is 10.7. The summed E-state index contributed by atoms with van der Waals surface area (Å²) < 4.78 is 5.67. The van der Waals surface area contributed by atoms with Gasteiger partial charge < -0.3 is 10.1 Å². The molecule has 0 atom stereocenters. The molecule has 0 spiro atoms. The zero-order valence-corrected chi connectivity index (χ0v) is 14.4. The second-order valence-electron chi connectivity index (χ2n) is 6.27. The molecule has 124 valence electrons. The molecule has 1 aromatic carbocycles. The van der Waals surface area contributed by atoms with Gasteiger partial charge in [0.2, 0.25) is 5.91 Å². The smallest absolute Gasteiger partial charge is 0.224 e. The number of hydrogen-bond acceptors (Lipinski definition) is 2. The van der Waals surface area contributed by atoms with Crippen molar-refractivity contribution in [1.29, 1.82) is 0 Å². The molecule has 0 fully saturated rings. The van der Waals surface area contributed by atoms with Gasteiger partial charge in [0.15, 0.2) is 0 Å². The predicted molar refractivity (Wildman–Crippen MR) is 93.4 cm³/mol. The highest BCUT2D eigenvalue weighted by Gasteiger charge is 2.03. The third-order valence-electron chi connectivity index (χ3n) is 3.61. The molecule has 22 heavy (non-hydrogen) atoms. The van der Waals surface area contributed by atoms with Crippen LogP contribution in [0, 0.1) is 5.92 Å². The molecular weight excluding hydrogens is 274 g/mol. The topological polar surface area (TPSA) is 38.3 Å². The van der Waals surface area contributed by atoms with Gasteiger partial charge >= 0.3 is 0 Å². The Bertz CT molecular complexity index is 412. The van der Waals surface area contributed by atoms with Crippen LogP contribution in [0.4, 0.5) is 5.69 Å². The lowest BCUT2D eigenvalue weighted by molar-refractivity contribution is -0.116. The van der Waals surface area contributed by atoms with Crippen LogP contribution >= 0.6 is 0 Å². The Morgan fingerprint density at radius 1 is 1.09 bits per heavy atom. The Balaban J connectivity index is 2.24. The molecule has 0 aliphatic rings. The van der Waals surface area contributed by atoms with E-state index in [1.165, 1.54) is 19.3 Å². The molecule has 1 amide bonds. The molecule has 1 N–H and O–H groups in total. The summed E-state index contributed by atoms with van der Waals surface area (Å²) in [5, 5.41) is 2.94. The van der Waals surface area contributed by atoms with E-state index < -0.39 is 0 Å². The SMILES string of the molecule is CCCCCCCC(=O)Nc1ccc(OCCC(C)C)cc1. The standard InChI is InChI=1S/C19H31NO2/c1-4-5-6-7-8-9-19(21)20-17-10-12-18(13-11-17)22-15-14-16(2)3/h10-13,16H,4-9,14-15H2,1-3H3,(H,20,21). The molecule has 0 aliphatic carbocycles. The van der Waals surface area contributed by atoms with E-state index in [2.05, 4.69) is 26.1 Å². The molecule has 0 saturated carbocycles. The second-order valence-corrected chi connectivity index (χ2v) is 6.27. The van der Waals surface area contributed by atoms with E-state index in [4.69, 9.17) is 4.74 Å². The molecule has 0 heterocycles. The number of anilines is 1. The van der Waals surface area contributed by atoms with Gasteiger partial charge in [-0.3, -0.25) is 4.79 Å². The fourth-order valence-electron chi connectivity index (χ4n) is 2.16. The fourth-order valence-corrected chi connectivity index (χ4v) is 2.16. The number of carbonyl (C=O) groups is 1. The highest BCUT2D eigenvalue weighted by Crippen LogP contribution is 2.17. The molecule has 0 radical (unpaired) electrons. The van der Waals surface area contributed by atoms with Crippen molar-refractivity contribution in [3.8, 4) is 5.75 Å². The Morgan fingerprint density at radius 3 is 2.41 bits per heavy atom. The number of amides is 1. The van der Waals surface area contributed by atoms with Gasteiger partial charge in [0.05, 0.1) is 6.61 Å². The van der Waals surface area contributed by atoms with E-state index in [0.29, 0.717) is 12.3 Å². The van der Waals surface area contributed by atoms with Crippen molar-refractivity contribution in [2.45, 2.75) is 65.7 Å². The zero-order valence-electron chi connectivity index (χ0n) is 14.4. The molecule has 1 aromatic rings. The zero-order chi connectivity index (χ0) is 16.2. The molecule has 3 heteroatoms. The van der Waals surface area contributed by atoms with Crippen molar-refractivity contribution in [2.75, 3.05) is 11.9 Å². The van der Waals surface area contributed by atoms with Gasteiger partial charge in [-0.2, -0.15) is 0 Å². The van der Waals surface area contributed by atoms with Gasteiger partial charge in [-0.05, 0) is 43.0 Å². The molecule has 0 saturated heterocycles. The van der Waals surface area contributed by atoms with E-state index in [-0.39, 0.29) is 5.91 Å². The minimum Gasteiger partial charge on any atom is -0.494 e. The second kappa shape index (κ2) is 11.1. The first kappa shape index (κ1) is 18.5. The third kappa shape index (κ3) is 8.71. The number of ether oxygens (including phenoxy) is 1. The van der Waals surface area contributed by atoms with Gasteiger partial charge in [0, 0.05) is 12.1 Å². The van der Waals surface area contributed by atoms with E-state index in [9.17, 15) is 4.79 Å². The summed E-state index contributed by atoms with van der Waals surface area (Å²) in [7, 11) is 0. The molecular formula is C19H31NO2. The van der Waals surface area contributed by atoms with E-state index in [1.54, 1.807) is 0 Å². The number of unbranched alkanes of at least 4 members (excludes halogenated alkanes) is 4. The summed E-state index contributed by atoms with van der Waals surface area (Å²) in [6, 6.07) is 7.63. The molecule has 0 unspecified atom stereocenters. The maximum Gasteiger partial charge on any atom is 0.224 e. The van der Waals surface area contributed by atoms with Crippen molar-refractivity contribution >= 4 is 11.6 Å². The maximum absolute atomic E-state index is 11.8. The van der Waals surface area contributed by atoms with Crippen LogP contribution in [0.5, 0.6) is 5.75 Å². The van der Waals surface area contributed by atoms with E-state index in [1.807, 2.05) is 24.3 Å². The van der Waals surface area contributed by atoms with Crippen molar-refractivity contribution in [3.63, 3.8) is 0 Å². The summed E-state index contributed by atoms with van der Waals surface area (Å²) >= 11 is 0. The van der Waals surface area contributed by atoms with Crippen LogP contribution in [0.15, 0.2) is 24.3 Å². The van der Waals surface area contributed by atoms with Crippen LogP contribution < -0.4 is 10.1 Å². The third-order valence-corrected chi connectivity index (χ3v) is 3.61. The number of benzene rings is 1. The van der Waals surface area contributed by atoms with Crippen molar-refractivity contribution < 1.29 is 9.53 Å². The minimum atomic E-state index is 0.102. The maximum atomic E-state index is 11.8. The van der Waals surface area contributed by atoms with E-state index in [0.717, 1.165) is 37.3 Å². The Labute approximate surface area is 135 Å². The largest absolute Gasteiger partial charge is 0.494 e. The quantitative estimate of drug-likeness (QED) is 0.555. The summed E-state index contributed by atoms with van der Waals surface area (Å²) in [6.07, 6.45) is 7.50. The highest BCUT2D eigenvalue weighted by molar-refractivity contribution is 5.90.